The molecule has 152 valence electrons. The Morgan fingerprint density at radius 1 is 1.13 bits per heavy atom. The number of halogens is 2. The van der Waals surface area contributed by atoms with Gasteiger partial charge in [-0.25, -0.2) is 0 Å². The molecular formula is C23H18Cl2N2O2S. The Bertz CT molecular complexity index is 1120. The molecule has 1 N–H and O–H groups in total. The fourth-order valence-electron chi connectivity index (χ4n) is 3.36. The van der Waals surface area contributed by atoms with E-state index in [0.29, 0.717) is 37.5 Å². The molecule has 4 nitrogen and oxygen atoms in total. The maximum Gasteiger partial charge on any atom is 0.173 e. The van der Waals surface area contributed by atoms with Crippen molar-refractivity contribution in [1.82, 2.24) is 5.32 Å². The molecule has 0 aromatic heterocycles. The molecule has 1 atom stereocenters. The summed E-state index contributed by atoms with van der Waals surface area (Å²) in [5.41, 5.74) is 2.96. The van der Waals surface area contributed by atoms with Crippen LogP contribution in [-0.4, -0.2) is 17.3 Å². The van der Waals surface area contributed by atoms with Crippen LogP contribution in [0.15, 0.2) is 70.4 Å². The van der Waals surface area contributed by atoms with Gasteiger partial charge in [-0.1, -0.05) is 65.3 Å². The molecule has 0 saturated carbocycles. The average Bonchev–Trinajstić information content (AvgIpc) is 2.73. The van der Waals surface area contributed by atoms with E-state index in [2.05, 4.69) is 11.4 Å². The minimum atomic E-state index is -0.475. The van der Waals surface area contributed by atoms with Gasteiger partial charge in [-0.15, -0.1) is 0 Å². The third-order valence-corrected chi connectivity index (χ3v) is 6.51. The van der Waals surface area contributed by atoms with Crippen LogP contribution in [0.2, 0.25) is 10.0 Å². The molecule has 1 heterocycles. The normalized spacial score (nSPS) is 16.2. The van der Waals surface area contributed by atoms with Gasteiger partial charge < -0.3 is 5.32 Å². The zero-order chi connectivity index (χ0) is 21.8. The lowest BCUT2D eigenvalue weighted by atomic mass is 9.81. The zero-order valence-electron chi connectivity index (χ0n) is 16.3. The Kier molecular flexibility index (Phi) is 7.04. The molecule has 1 aliphatic rings. The number of nitrogens with one attached hydrogen (secondary N) is 1. The molecule has 7 heteroatoms. The van der Waals surface area contributed by atoms with Crippen molar-refractivity contribution in [1.29, 1.82) is 5.26 Å². The number of hydrogen-bond acceptors (Lipinski definition) is 5. The Labute approximate surface area is 189 Å². The van der Waals surface area contributed by atoms with Gasteiger partial charge in [0.1, 0.15) is 0 Å². The standard InChI is InChI=1S/C23H18Cl2N2O2S/c1-13-21(14(2)28)22(15-6-4-3-5-7-15)17(11-26)23(27-13)30-12-20(29)16-8-9-18(24)19(25)10-16/h3-10,22,27H,12H2,1-2H3/t22-/m0/s1. The number of hydrogen-bond donors (Lipinski definition) is 1. The molecule has 0 unspecified atom stereocenters. The van der Waals surface area contributed by atoms with Crippen LogP contribution in [0.4, 0.5) is 0 Å². The van der Waals surface area contributed by atoms with Crippen LogP contribution < -0.4 is 5.32 Å². The van der Waals surface area contributed by atoms with Crippen molar-refractivity contribution < 1.29 is 9.59 Å². The first kappa shape index (κ1) is 22.2. The highest BCUT2D eigenvalue weighted by atomic mass is 35.5. The summed E-state index contributed by atoms with van der Waals surface area (Å²) in [7, 11) is 0. The number of Topliss-reactive ketones (excluding diaryl/α,β-unsaturated/α-hetero) is 2. The highest BCUT2D eigenvalue weighted by molar-refractivity contribution is 8.03. The third kappa shape index (κ3) is 4.62. The van der Waals surface area contributed by atoms with E-state index in [9.17, 15) is 14.9 Å². The fraction of sp³-hybridized carbons (Fsp3) is 0.174. The predicted octanol–water partition coefficient (Wildman–Crippen LogP) is 5.89. The third-order valence-electron chi connectivity index (χ3n) is 4.75. The minimum absolute atomic E-state index is 0.0995. The second-order valence-corrected chi connectivity index (χ2v) is 8.56. The smallest absolute Gasteiger partial charge is 0.173 e. The second-order valence-electron chi connectivity index (χ2n) is 6.76. The number of nitrogens with zero attached hydrogens (tertiary/aromatic N) is 1. The van der Waals surface area contributed by atoms with E-state index in [1.165, 1.54) is 24.8 Å². The molecule has 1 aliphatic heterocycles. The molecule has 0 amide bonds. The average molecular weight is 457 g/mol. The minimum Gasteiger partial charge on any atom is -0.353 e. The van der Waals surface area contributed by atoms with Crippen molar-refractivity contribution in [3.05, 3.63) is 91.6 Å². The van der Waals surface area contributed by atoms with Gasteiger partial charge >= 0.3 is 0 Å². The molecule has 0 aliphatic carbocycles. The molecule has 2 aromatic rings. The number of benzene rings is 2. The molecule has 0 spiro atoms. The number of ketones is 2. The number of dihydropyridines is 1. The largest absolute Gasteiger partial charge is 0.353 e. The summed E-state index contributed by atoms with van der Waals surface area (Å²) >= 11 is 13.2. The van der Waals surface area contributed by atoms with Crippen LogP contribution in [-0.2, 0) is 4.79 Å². The van der Waals surface area contributed by atoms with Crippen LogP contribution in [0.25, 0.3) is 0 Å². The Balaban J connectivity index is 1.93. The van der Waals surface area contributed by atoms with Crippen LogP contribution in [0.1, 0.15) is 35.7 Å². The lowest BCUT2D eigenvalue weighted by Gasteiger charge is -2.29. The molecule has 0 saturated heterocycles. The molecule has 0 bridgehead atoms. The first-order valence-corrected chi connectivity index (χ1v) is 10.9. The lowest BCUT2D eigenvalue weighted by molar-refractivity contribution is -0.113. The number of thioether (sulfide) groups is 1. The fourth-order valence-corrected chi connectivity index (χ4v) is 4.65. The van der Waals surface area contributed by atoms with Gasteiger partial charge in [0.15, 0.2) is 11.6 Å². The Morgan fingerprint density at radius 3 is 2.43 bits per heavy atom. The number of carbonyl (C=O) groups is 2. The number of allylic oxidation sites excluding steroid dienone is 3. The summed E-state index contributed by atoms with van der Waals surface area (Å²) in [6.45, 7) is 3.31. The molecule has 0 radical (unpaired) electrons. The van der Waals surface area contributed by atoms with Crippen LogP contribution >= 0.6 is 35.0 Å². The monoisotopic (exact) mass is 456 g/mol. The first-order chi connectivity index (χ1) is 14.3. The van der Waals surface area contributed by atoms with E-state index in [-0.39, 0.29) is 17.3 Å². The molecule has 30 heavy (non-hydrogen) atoms. The van der Waals surface area contributed by atoms with Crippen molar-refractivity contribution in [3.63, 3.8) is 0 Å². The lowest BCUT2D eigenvalue weighted by Crippen LogP contribution is -2.27. The van der Waals surface area contributed by atoms with E-state index < -0.39 is 5.92 Å². The number of nitriles is 1. The van der Waals surface area contributed by atoms with Gasteiger partial charge in [0, 0.05) is 16.8 Å². The summed E-state index contributed by atoms with van der Waals surface area (Å²) < 4.78 is 0. The second kappa shape index (κ2) is 9.53. The van der Waals surface area contributed by atoms with Crippen LogP contribution in [0, 0.1) is 11.3 Å². The van der Waals surface area contributed by atoms with Gasteiger partial charge in [0.2, 0.25) is 0 Å². The quantitative estimate of drug-likeness (QED) is 0.548. The van der Waals surface area contributed by atoms with Gasteiger partial charge in [0.25, 0.3) is 0 Å². The molecular weight excluding hydrogens is 439 g/mol. The summed E-state index contributed by atoms with van der Waals surface area (Å²) in [5, 5.41) is 14.3. The summed E-state index contributed by atoms with van der Waals surface area (Å²) in [6, 6.07) is 16.4. The van der Waals surface area contributed by atoms with Crippen molar-refractivity contribution in [2.24, 2.45) is 0 Å². The molecule has 2 aromatic carbocycles. The topological polar surface area (TPSA) is 70.0 Å². The predicted molar refractivity (Wildman–Crippen MR) is 122 cm³/mol. The Morgan fingerprint density at radius 2 is 1.83 bits per heavy atom. The summed E-state index contributed by atoms with van der Waals surface area (Å²) in [5.74, 6) is -0.606. The van der Waals surface area contributed by atoms with Crippen molar-refractivity contribution in [3.8, 4) is 6.07 Å². The van der Waals surface area contributed by atoms with Crippen molar-refractivity contribution in [2.75, 3.05) is 5.75 Å². The van der Waals surface area contributed by atoms with Crippen LogP contribution in [0.3, 0.4) is 0 Å². The molecule has 0 fully saturated rings. The maximum absolute atomic E-state index is 12.6. The van der Waals surface area contributed by atoms with Crippen LogP contribution in [0.5, 0.6) is 0 Å². The van der Waals surface area contributed by atoms with E-state index >= 15 is 0 Å². The van der Waals surface area contributed by atoms with E-state index in [0.717, 1.165) is 5.56 Å². The zero-order valence-corrected chi connectivity index (χ0v) is 18.7. The highest BCUT2D eigenvalue weighted by Crippen LogP contribution is 2.40. The van der Waals surface area contributed by atoms with Gasteiger partial charge in [0.05, 0.1) is 38.4 Å². The van der Waals surface area contributed by atoms with Gasteiger partial charge in [-0.05, 0) is 37.6 Å². The first-order valence-electron chi connectivity index (χ1n) is 9.12. The number of rotatable bonds is 6. The molecule has 3 rings (SSSR count). The highest BCUT2D eigenvalue weighted by Gasteiger charge is 2.33. The van der Waals surface area contributed by atoms with Gasteiger partial charge in [-0.2, -0.15) is 5.26 Å². The van der Waals surface area contributed by atoms with E-state index in [1.807, 2.05) is 37.3 Å². The number of carbonyl (C=O) groups excluding carboxylic acids is 2. The van der Waals surface area contributed by atoms with E-state index in [4.69, 9.17) is 23.2 Å². The van der Waals surface area contributed by atoms with Crippen molar-refractivity contribution in [2.45, 2.75) is 19.8 Å². The summed E-state index contributed by atoms with van der Waals surface area (Å²) in [6.07, 6.45) is 0. The SMILES string of the molecule is CC(=O)C1=C(C)NC(SCC(=O)c2ccc(Cl)c(Cl)c2)=C(C#N)[C@@H]1c1ccccc1. The van der Waals surface area contributed by atoms with E-state index in [1.54, 1.807) is 12.1 Å². The summed E-state index contributed by atoms with van der Waals surface area (Å²) in [4.78, 5) is 25.0. The Hall–Kier alpha value is -2.52. The maximum atomic E-state index is 12.6. The van der Waals surface area contributed by atoms with Gasteiger partial charge in [-0.3, -0.25) is 9.59 Å². The van der Waals surface area contributed by atoms with Crippen molar-refractivity contribution >= 4 is 46.5 Å².